The summed E-state index contributed by atoms with van der Waals surface area (Å²) >= 11 is 0. The SMILES string of the molecule is CC(C)(O)[C@@H]1C=C[C@@]2(C=CC(=O)C=C2CO[Si](C)(C)C(C)(C)C)C1. The molecule has 1 N–H and O–H groups in total. The highest BCUT2D eigenvalue weighted by Gasteiger charge is 2.44. The van der Waals surface area contributed by atoms with Gasteiger partial charge in [-0.1, -0.05) is 39.0 Å². The van der Waals surface area contributed by atoms with Crippen LogP contribution in [-0.2, 0) is 9.22 Å². The van der Waals surface area contributed by atoms with Crippen LogP contribution in [0.1, 0.15) is 41.0 Å². The fourth-order valence-corrected chi connectivity index (χ4v) is 3.93. The maximum Gasteiger partial charge on any atom is 0.192 e. The molecule has 1 spiro atoms. The van der Waals surface area contributed by atoms with Gasteiger partial charge < -0.3 is 9.53 Å². The Morgan fingerprint density at radius 3 is 2.38 bits per heavy atom. The molecular weight excluding hydrogens is 316 g/mol. The number of carbonyl (C=O) groups is 1. The van der Waals surface area contributed by atoms with Gasteiger partial charge in [0, 0.05) is 11.3 Å². The van der Waals surface area contributed by atoms with E-state index in [2.05, 4.69) is 46.0 Å². The Hall–Kier alpha value is -0.973. The number of hydrogen-bond acceptors (Lipinski definition) is 3. The number of allylic oxidation sites excluding steroid dienone is 4. The molecule has 3 nitrogen and oxygen atoms in total. The molecule has 2 atom stereocenters. The van der Waals surface area contributed by atoms with Gasteiger partial charge in [0.05, 0.1) is 12.2 Å². The molecule has 2 aliphatic rings. The Balaban J connectivity index is 2.22. The van der Waals surface area contributed by atoms with Crippen LogP contribution in [0.3, 0.4) is 0 Å². The second-order valence-corrected chi connectivity index (χ2v) is 14.1. The first-order valence-corrected chi connectivity index (χ1v) is 11.7. The van der Waals surface area contributed by atoms with Gasteiger partial charge in [0.15, 0.2) is 14.1 Å². The van der Waals surface area contributed by atoms with Crippen molar-refractivity contribution in [2.75, 3.05) is 6.61 Å². The molecule has 24 heavy (non-hydrogen) atoms. The summed E-state index contributed by atoms with van der Waals surface area (Å²) in [6.07, 6.45) is 10.4. The largest absolute Gasteiger partial charge is 0.413 e. The van der Waals surface area contributed by atoms with Crippen molar-refractivity contribution in [3.8, 4) is 0 Å². The Bertz CT molecular complexity index is 599. The smallest absolute Gasteiger partial charge is 0.192 e. The predicted octanol–water partition coefficient (Wildman–Crippen LogP) is 4.41. The molecule has 0 fully saturated rings. The summed E-state index contributed by atoms with van der Waals surface area (Å²) in [6.45, 7) is 15.3. The second-order valence-electron chi connectivity index (χ2n) is 9.32. The van der Waals surface area contributed by atoms with Crippen LogP contribution in [0.2, 0.25) is 18.1 Å². The fraction of sp³-hybridized carbons (Fsp3) is 0.650. The van der Waals surface area contributed by atoms with Gasteiger partial charge in [-0.3, -0.25) is 4.79 Å². The van der Waals surface area contributed by atoms with Crippen molar-refractivity contribution in [3.63, 3.8) is 0 Å². The number of ketones is 1. The maximum absolute atomic E-state index is 11.9. The molecule has 0 unspecified atom stereocenters. The van der Waals surface area contributed by atoms with E-state index in [1.54, 1.807) is 12.2 Å². The molecule has 4 heteroatoms. The molecule has 2 aliphatic carbocycles. The number of carbonyl (C=O) groups excluding carboxylic acids is 1. The highest BCUT2D eigenvalue weighted by atomic mass is 28.4. The lowest BCUT2D eigenvalue weighted by molar-refractivity contribution is -0.110. The molecule has 0 saturated carbocycles. The highest BCUT2D eigenvalue weighted by Crippen LogP contribution is 2.48. The molecule has 0 amide bonds. The van der Waals surface area contributed by atoms with Gasteiger partial charge in [0.1, 0.15) is 0 Å². The van der Waals surface area contributed by atoms with Crippen LogP contribution >= 0.6 is 0 Å². The monoisotopic (exact) mass is 348 g/mol. The zero-order valence-corrected chi connectivity index (χ0v) is 17.1. The van der Waals surface area contributed by atoms with Gasteiger partial charge in [-0.05, 0) is 56.1 Å². The van der Waals surface area contributed by atoms with Crippen LogP contribution < -0.4 is 0 Å². The Kier molecular flexibility index (Phi) is 4.90. The molecule has 0 heterocycles. The van der Waals surface area contributed by atoms with Crippen molar-refractivity contribution in [2.24, 2.45) is 11.3 Å². The van der Waals surface area contributed by atoms with E-state index in [0.717, 1.165) is 12.0 Å². The molecule has 0 aromatic carbocycles. The highest BCUT2D eigenvalue weighted by molar-refractivity contribution is 6.74. The Morgan fingerprint density at radius 2 is 1.88 bits per heavy atom. The fourth-order valence-electron chi connectivity index (χ4n) is 2.98. The van der Waals surface area contributed by atoms with Gasteiger partial charge in [-0.15, -0.1) is 0 Å². The van der Waals surface area contributed by atoms with E-state index in [9.17, 15) is 9.90 Å². The van der Waals surface area contributed by atoms with Gasteiger partial charge in [0.2, 0.25) is 0 Å². The lowest BCUT2D eigenvalue weighted by Gasteiger charge is -2.39. The van der Waals surface area contributed by atoms with E-state index in [4.69, 9.17) is 4.43 Å². The average molecular weight is 349 g/mol. The summed E-state index contributed by atoms with van der Waals surface area (Å²) in [5.74, 6) is 0.0983. The van der Waals surface area contributed by atoms with Gasteiger partial charge in [-0.25, -0.2) is 0 Å². The Morgan fingerprint density at radius 1 is 1.25 bits per heavy atom. The second kappa shape index (κ2) is 6.08. The van der Waals surface area contributed by atoms with Crippen LogP contribution in [0.15, 0.2) is 36.0 Å². The van der Waals surface area contributed by atoms with E-state index in [1.165, 1.54) is 0 Å². The quantitative estimate of drug-likeness (QED) is 0.605. The molecule has 0 aliphatic heterocycles. The van der Waals surface area contributed by atoms with Gasteiger partial charge in [-0.2, -0.15) is 0 Å². The Labute approximate surface area is 147 Å². The summed E-state index contributed by atoms with van der Waals surface area (Å²) in [4.78, 5) is 11.9. The van der Waals surface area contributed by atoms with Crippen LogP contribution in [0, 0.1) is 11.3 Å². The van der Waals surface area contributed by atoms with Crippen molar-refractivity contribution in [3.05, 3.63) is 36.0 Å². The van der Waals surface area contributed by atoms with Crippen molar-refractivity contribution < 1.29 is 14.3 Å². The van der Waals surface area contributed by atoms with Crippen LogP contribution in [0.4, 0.5) is 0 Å². The number of aliphatic hydroxyl groups is 1. The first kappa shape index (κ1) is 19.4. The zero-order valence-electron chi connectivity index (χ0n) is 16.1. The zero-order chi connectivity index (χ0) is 18.4. The molecule has 0 radical (unpaired) electrons. The summed E-state index contributed by atoms with van der Waals surface area (Å²) < 4.78 is 6.38. The molecule has 0 saturated heterocycles. The summed E-state index contributed by atoms with van der Waals surface area (Å²) in [7, 11) is -1.88. The maximum atomic E-state index is 11.9. The van der Waals surface area contributed by atoms with E-state index < -0.39 is 13.9 Å². The van der Waals surface area contributed by atoms with Crippen LogP contribution in [-0.4, -0.2) is 31.4 Å². The topological polar surface area (TPSA) is 46.5 Å². The lowest BCUT2D eigenvalue weighted by atomic mass is 9.73. The predicted molar refractivity (Wildman–Crippen MR) is 101 cm³/mol. The minimum Gasteiger partial charge on any atom is -0.413 e. The normalized spacial score (nSPS) is 27.9. The van der Waals surface area contributed by atoms with E-state index in [-0.39, 0.29) is 22.2 Å². The van der Waals surface area contributed by atoms with E-state index in [0.29, 0.717) is 6.61 Å². The van der Waals surface area contributed by atoms with Crippen LogP contribution in [0.25, 0.3) is 0 Å². The number of hydrogen-bond donors (Lipinski definition) is 1. The molecular formula is C20H32O3Si. The average Bonchev–Trinajstić information content (AvgIpc) is 2.84. The third-order valence-corrected chi connectivity index (χ3v) is 10.4. The van der Waals surface area contributed by atoms with E-state index in [1.807, 2.05) is 19.9 Å². The van der Waals surface area contributed by atoms with Gasteiger partial charge >= 0.3 is 0 Å². The van der Waals surface area contributed by atoms with Crippen molar-refractivity contribution in [2.45, 2.75) is 64.8 Å². The van der Waals surface area contributed by atoms with Crippen molar-refractivity contribution in [1.82, 2.24) is 0 Å². The van der Waals surface area contributed by atoms with Crippen molar-refractivity contribution in [1.29, 1.82) is 0 Å². The lowest BCUT2D eigenvalue weighted by Crippen LogP contribution is -2.42. The summed E-state index contributed by atoms with van der Waals surface area (Å²) in [6, 6.07) is 0. The number of rotatable bonds is 4. The van der Waals surface area contributed by atoms with Crippen molar-refractivity contribution >= 4 is 14.1 Å². The summed E-state index contributed by atoms with van der Waals surface area (Å²) in [5.41, 5.74) is -0.0374. The molecule has 134 valence electrons. The first-order chi connectivity index (χ1) is 10.8. The van der Waals surface area contributed by atoms with Gasteiger partial charge in [0.25, 0.3) is 0 Å². The van der Waals surface area contributed by atoms with E-state index >= 15 is 0 Å². The minimum absolute atomic E-state index is 0.0227. The molecule has 0 aromatic rings. The molecule has 0 aromatic heterocycles. The van der Waals surface area contributed by atoms with Crippen LogP contribution in [0.5, 0.6) is 0 Å². The minimum atomic E-state index is -1.88. The summed E-state index contributed by atoms with van der Waals surface area (Å²) in [5, 5.41) is 10.5. The first-order valence-electron chi connectivity index (χ1n) is 8.77. The molecule has 2 rings (SSSR count). The third-order valence-electron chi connectivity index (χ3n) is 5.95. The standard InChI is InChI=1S/C20H32O3Si/c1-18(2,3)24(6,7)23-14-16-12-17(21)9-11-20(16)10-8-15(13-20)19(4,5)22/h8-12,15,22H,13-14H2,1-7H3/t15-,20-/m1/s1. The molecule has 0 bridgehead atoms. The third kappa shape index (κ3) is 3.81.